The first kappa shape index (κ1) is 86.2. The van der Waals surface area contributed by atoms with E-state index in [2.05, 4.69) is 151 Å². The second kappa shape index (κ2) is 47.9. The van der Waals surface area contributed by atoms with Crippen LogP contribution in [0.15, 0.2) is 52.1 Å². The fourth-order valence-electron chi connectivity index (χ4n) is 11.0. The average Bonchev–Trinajstić information content (AvgIpc) is 1.63. The van der Waals surface area contributed by atoms with Gasteiger partial charge in [-0.05, 0) is 180 Å². The molecule has 30 heteroatoms. The molecule has 21 nitrogen and oxygen atoms in total. The van der Waals surface area contributed by atoms with Crippen LogP contribution in [0.3, 0.4) is 0 Å². The van der Waals surface area contributed by atoms with Gasteiger partial charge in [-0.25, -0.2) is 29.9 Å². The lowest BCUT2D eigenvalue weighted by Gasteiger charge is -2.18. The molecule has 7 aromatic heterocycles. The summed E-state index contributed by atoms with van der Waals surface area (Å²) in [5, 5.41) is 26.6. The molecular weight excluding hydrogens is 1520 g/mol. The Labute approximate surface area is 624 Å². The lowest BCUT2D eigenvalue weighted by atomic mass is 10.2. The number of nitrogens with one attached hydrogen (secondary N) is 2. The van der Waals surface area contributed by atoms with Crippen LogP contribution in [0.25, 0.3) is 22.1 Å². The third-order valence-electron chi connectivity index (χ3n) is 15.2. The molecule has 532 valence electrons. The number of rotatable bonds is 9. The molecule has 5 aliphatic carbocycles. The first-order valence-corrected chi connectivity index (χ1v) is 36.3. The average molecular weight is 1610 g/mol. The van der Waals surface area contributed by atoms with E-state index in [1.165, 1.54) is 128 Å². The number of halogens is 9. The molecule has 0 aromatic carbocycles. The summed E-state index contributed by atoms with van der Waals surface area (Å²) in [5.41, 5.74) is 10.0. The van der Waals surface area contributed by atoms with Crippen molar-refractivity contribution in [3.8, 4) is 24.2 Å². The van der Waals surface area contributed by atoms with Crippen molar-refractivity contribution < 1.29 is 24.5 Å². The van der Waals surface area contributed by atoms with Crippen molar-refractivity contribution in [1.82, 2.24) is 63.9 Å². The molecule has 5 fully saturated rings. The summed E-state index contributed by atoms with van der Waals surface area (Å²) in [6.07, 6.45) is 39.9. The number of nitrogens with zero attached hydrogens (tertiary/aromatic N) is 13. The van der Waals surface area contributed by atoms with Crippen molar-refractivity contribution in [2.75, 3.05) is 44.5 Å². The van der Waals surface area contributed by atoms with E-state index in [4.69, 9.17) is 85.6 Å². The maximum absolute atomic E-state index is 12.4. The second-order valence-electron chi connectivity index (χ2n) is 22.9. The van der Waals surface area contributed by atoms with E-state index in [1.807, 2.05) is 18.2 Å². The van der Waals surface area contributed by atoms with E-state index in [0.29, 0.717) is 68.8 Å². The third kappa shape index (κ3) is 30.8. The van der Waals surface area contributed by atoms with Crippen molar-refractivity contribution in [3.63, 3.8) is 0 Å². The molecule has 0 bridgehead atoms. The molecule has 0 atom stereocenters. The Balaban J connectivity index is 0.000000298. The molecule has 5 saturated carbocycles. The number of carbonyl (C=O) groups is 2. The minimum atomic E-state index is -0.211. The van der Waals surface area contributed by atoms with Gasteiger partial charge in [-0.1, -0.05) is 121 Å². The van der Waals surface area contributed by atoms with Crippen LogP contribution in [0, 0.1) is 24.2 Å². The first-order chi connectivity index (χ1) is 46.1. The van der Waals surface area contributed by atoms with Crippen molar-refractivity contribution in [2.45, 2.75) is 206 Å². The summed E-state index contributed by atoms with van der Waals surface area (Å²) >= 11 is 40.8. The molecule has 7 heterocycles. The quantitative estimate of drug-likeness (QED) is 0.0389. The van der Waals surface area contributed by atoms with E-state index in [0.717, 1.165) is 64.5 Å². The summed E-state index contributed by atoms with van der Waals surface area (Å²) in [6, 6.07) is 6.53. The zero-order valence-corrected chi connectivity index (χ0v) is 64.6. The SMILES string of the molecule is C#CCO.CCC.CCOC(C)=O.CCc1cc2cnc(Cl)nc2n1C1CCCC1.CN(C)C(=O)c1cc2cnc(Cl)nc2n1C1CCCC1.Cl.Clc1ncc(Br)c(Cl)n1.Clc1ncc(Br)c(NC2CCCC2)n1.NC1CCCC1.OCC#Cc1cnc(Cl)nc1NC1CCCC1. The van der Waals surface area contributed by atoms with Gasteiger partial charge in [0.2, 0.25) is 26.4 Å². The van der Waals surface area contributed by atoms with Crippen LogP contribution in [0.5, 0.6) is 0 Å². The van der Waals surface area contributed by atoms with Crippen LogP contribution in [-0.2, 0) is 16.0 Å². The van der Waals surface area contributed by atoms with Gasteiger partial charge in [0.15, 0.2) is 0 Å². The van der Waals surface area contributed by atoms with Crippen LogP contribution < -0.4 is 16.4 Å². The Morgan fingerprint density at radius 1 is 0.619 bits per heavy atom. The van der Waals surface area contributed by atoms with E-state index in [-0.39, 0.29) is 58.6 Å². The zero-order chi connectivity index (χ0) is 70.5. The molecule has 12 rings (SSSR count). The number of esters is 1. The van der Waals surface area contributed by atoms with Crippen LogP contribution in [-0.4, -0.2) is 138 Å². The fraction of sp³-hybridized carbons (Fsp3) is 0.552. The van der Waals surface area contributed by atoms with Crippen LogP contribution in [0.1, 0.15) is 203 Å². The number of terminal acetylenes is 1. The Morgan fingerprint density at radius 3 is 1.45 bits per heavy atom. The number of hydrogen-bond donors (Lipinski definition) is 5. The van der Waals surface area contributed by atoms with Crippen LogP contribution in [0.4, 0.5) is 11.6 Å². The van der Waals surface area contributed by atoms with E-state index in [1.54, 1.807) is 44.5 Å². The van der Waals surface area contributed by atoms with E-state index in [9.17, 15) is 9.59 Å². The van der Waals surface area contributed by atoms with Gasteiger partial charge < -0.3 is 45.4 Å². The monoisotopic (exact) mass is 1600 g/mol. The predicted octanol–water partition coefficient (Wildman–Crippen LogP) is 17.2. The second-order valence-corrected chi connectivity index (χ2v) is 26.7. The van der Waals surface area contributed by atoms with Crippen molar-refractivity contribution in [2.24, 2.45) is 5.73 Å². The van der Waals surface area contributed by atoms with Gasteiger partial charge in [0.25, 0.3) is 5.91 Å². The smallest absolute Gasteiger partial charge is 0.302 e. The number of nitrogens with two attached hydrogens (primary N) is 1. The van der Waals surface area contributed by atoms with Crippen molar-refractivity contribution in [3.05, 3.63) is 101 Å². The van der Waals surface area contributed by atoms with Crippen molar-refractivity contribution >= 4 is 159 Å². The Morgan fingerprint density at radius 2 is 1.03 bits per heavy atom. The van der Waals surface area contributed by atoms with E-state index < -0.39 is 0 Å². The Hall–Kier alpha value is -4.99. The number of carbonyl (C=O) groups excluding carboxylic acids is 2. The molecule has 0 unspecified atom stereocenters. The van der Waals surface area contributed by atoms with Gasteiger partial charge in [-0.15, -0.1) is 18.8 Å². The Bertz CT molecular complexity index is 3580. The number of hydrogen-bond acceptors (Lipinski definition) is 18. The lowest BCUT2D eigenvalue weighted by molar-refractivity contribution is -0.140. The number of aromatic nitrogens is 12. The maximum atomic E-state index is 12.4. The number of aryl methyl sites for hydroxylation is 1. The largest absolute Gasteiger partial charge is 0.466 e. The fourth-order valence-corrected chi connectivity index (χ4v) is 12.3. The number of ether oxygens (including phenoxy) is 1. The van der Waals surface area contributed by atoms with Gasteiger partial charge in [-0.2, -0.15) is 19.9 Å². The number of aliphatic hydroxyl groups excluding tert-OH is 2. The van der Waals surface area contributed by atoms with Crippen LogP contribution in [0.2, 0.25) is 31.6 Å². The summed E-state index contributed by atoms with van der Waals surface area (Å²) in [5.74, 6) is 8.64. The molecule has 1 amide bonds. The molecule has 0 spiro atoms. The minimum Gasteiger partial charge on any atom is -0.466 e. The maximum Gasteiger partial charge on any atom is 0.302 e. The van der Waals surface area contributed by atoms with Crippen LogP contribution >= 0.6 is 114 Å². The van der Waals surface area contributed by atoms with Gasteiger partial charge in [-0.3, -0.25) is 9.59 Å². The summed E-state index contributed by atoms with van der Waals surface area (Å²) < 4.78 is 10.4. The molecule has 0 aliphatic heterocycles. The molecular formula is C67H91Br2Cl7N16O5. The molecule has 6 N–H and O–H groups in total. The van der Waals surface area contributed by atoms with Crippen molar-refractivity contribution in [1.29, 1.82) is 0 Å². The topological polar surface area (TPSA) is 276 Å². The summed E-state index contributed by atoms with van der Waals surface area (Å²) in [7, 11) is 3.52. The first-order valence-electron chi connectivity index (χ1n) is 32.5. The van der Waals surface area contributed by atoms with Gasteiger partial charge in [0.05, 0.1) is 21.1 Å². The minimum absolute atomic E-state index is 0. The van der Waals surface area contributed by atoms with Gasteiger partial charge in [0.1, 0.15) is 47.0 Å². The highest BCUT2D eigenvalue weighted by atomic mass is 79.9. The predicted molar refractivity (Wildman–Crippen MR) is 403 cm³/mol. The third-order valence-corrected chi connectivity index (χ3v) is 17.8. The summed E-state index contributed by atoms with van der Waals surface area (Å²) in [6.45, 7) is 9.76. The Kier molecular flexibility index (Phi) is 42.6. The van der Waals surface area contributed by atoms with Gasteiger partial charge >= 0.3 is 5.97 Å². The standard InChI is InChI=1S/C14H17ClN4O.C13H16ClN3.C12H14ClN3O.C9H11BrClN3.C5H11N.C4HBrCl2N2.C4H8O2.C3H4O.C3H8.ClH/c1-18(2)13(20)11-7-9-8-16-14(15)17-12(9)19(11)10-5-3-4-6-10;1-2-10-7-9-8-15-13(14)16-12(9)17(10)11-5-3-4-6-11;13-12-14-8-9(4-3-7-17)11(16-12)15-10-5-1-2-6-10;10-7-5-12-9(11)14-8(7)13-6-3-1-2-4-6;6-5-3-1-2-4-5;5-2-1-8-4(7)9-3(2)6;1-3-6-4(2)5;1-2-3-4;1-3-2;/h7-8,10H,3-6H2,1-2H3;7-8,11H,2-6H2,1H3;8,10,17H,1-2,5-7H2,(H,14,15,16);5-6H,1-4H2,(H,12,13,14);5H,1-4,6H2;1H;3H2,1-2H3;1,4H,3H2;3H2,1-2H3;1H. The normalized spacial score (nSPS) is 14.8. The molecule has 0 saturated heterocycles. The number of aliphatic hydroxyl groups is 2. The number of fused-ring (bicyclic) bond motifs is 2. The highest BCUT2D eigenvalue weighted by molar-refractivity contribution is 9.11. The number of anilines is 2. The molecule has 97 heavy (non-hydrogen) atoms. The summed E-state index contributed by atoms with van der Waals surface area (Å²) in [4.78, 5) is 64.0. The number of amides is 1. The lowest BCUT2D eigenvalue weighted by Crippen LogP contribution is -2.25. The molecule has 7 aromatic rings. The zero-order valence-electron chi connectivity index (χ0n) is 56.1. The molecule has 5 aliphatic rings. The highest BCUT2D eigenvalue weighted by Crippen LogP contribution is 2.36. The molecule has 0 radical (unpaired) electrons. The highest BCUT2D eigenvalue weighted by Gasteiger charge is 2.27. The van der Waals surface area contributed by atoms with E-state index >= 15 is 0 Å². The van der Waals surface area contributed by atoms with Gasteiger partial charge in [0, 0.05) is 98.7 Å².